The summed E-state index contributed by atoms with van der Waals surface area (Å²) in [7, 11) is 0. The third-order valence-electron chi connectivity index (χ3n) is 10.9. The van der Waals surface area contributed by atoms with Crippen LogP contribution in [0, 0.1) is 52.3 Å². The summed E-state index contributed by atoms with van der Waals surface area (Å²) in [5.74, 6) is 5.76. The highest BCUT2D eigenvalue weighted by atomic mass is 79.9. The van der Waals surface area contributed by atoms with Crippen LogP contribution in [0.1, 0.15) is 105 Å². The maximum absolute atomic E-state index is 11.0. The molecule has 0 aromatic heterocycles. The predicted octanol–water partition coefficient (Wildman–Crippen LogP) is 8.77. The summed E-state index contributed by atoms with van der Waals surface area (Å²) in [5, 5.41) is 0. The maximum Gasteiger partial charge on any atom is 0.122 e. The van der Waals surface area contributed by atoms with E-state index in [0.717, 1.165) is 48.2 Å². The molecule has 0 spiro atoms. The van der Waals surface area contributed by atoms with E-state index in [-0.39, 0.29) is 9.15 Å². The zero-order valence-electron chi connectivity index (χ0n) is 19.8. The molecule has 1 nitrogen and oxygen atoms in total. The summed E-state index contributed by atoms with van der Waals surface area (Å²) >= 11 is 8.07. The van der Waals surface area contributed by atoms with Gasteiger partial charge in [-0.15, -0.1) is 0 Å². The van der Waals surface area contributed by atoms with Crippen LogP contribution in [0.3, 0.4) is 0 Å². The second-order valence-electron chi connectivity index (χ2n) is 12.5. The van der Waals surface area contributed by atoms with E-state index in [9.17, 15) is 4.79 Å². The third kappa shape index (κ3) is 4.14. The molecule has 4 aliphatic rings. The van der Waals surface area contributed by atoms with Gasteiger partial charge in [-0.05, 0) is 111 Å². The second-order valence-corrected chi connectivity index (χ2v) is 16.6. The van der Waals surface area contributed by atoms with Gasteiger partial charge in [-0.25, -0.2) is 0 Å². The molecule has 4 rings (SSSR count). The van der Waals surface area contributed by atoms with Crippen molar-refractivity contribution in [3.05, 3.63) is 0 Å². The lowest BCUT2D eigenvalue weighted by molar-refractivity contribution is -0.114. The molecule has 0 aromatic carbocycles. The molecule has 0 N–H and O–H groups in total. The van der Waals surface area contributed by atoms with E-state index in [4.69, 9.17) is 0 Å². The molecule has 4 fully saturated rings. The van der Waals surface area contributed by atoms with Crippen LogP contribution in [-0.2, 0) is 4.79 Å². The first-order valence-corrected chi connectivity index (χ1v) is 14.5. The van der Waals surface area contributed by atoms with Gasteiger partial charge >= 0.3 is 0 Å². The lowest BCUT2D eigenvalue weighted by Gasteiger charge is -2.62. The third-order valence-corrected chi connectivity index (χ3v) is 12.2. The van der Waals surface area contributed by atoms with Crippen molar-refractivity contribution in [2.45, 2.75) is 108 Å². The summed E-state index contributed by atoms with van der Waals surface area (Å²) < 4.78 is 0.180. The molecule has 0 amide bonds. The van der Waals surface area contributed by atoms with Crippen molar-refractivity contribution < 1.29 is 4.79 Å². The molecule has 0 bridgehead atoms. The van der Waals surface area contributed by atoms with Gasteiger partial charge in [-0.1, -0.05) is 72.4 Å². The number of rotatable bonds is 6. The van der Waals surface area contributed by atoms with Gasteiger partial charge in [-0.2, -0.15) is 0 Å². The van der Waals surface area contributed by atoms with E-state index in [0.29, 0.717) is 10.8 Å². The number of aldehydes is 1. The number of carbonyl (C=O) groups is 1. The van der Waals surface area contributed by atoms with Crippen molar-refractivity contribution in [2.24, 2.45) is 52.3 Å². The van der Waals surface area contributed by atoms with Crippen LogP contribution in [0.2, 0.25) is 0 Å². The normalized spacial score (nSPS) is 46.9. The van der Waals surface area contributed by atoms with Crippen molar-refractivity contribution >= 4 is 38.1 Å². The minimum absolute atomic E-state index is 0.180. The van der Waals surface area contributed by atoms with Crippen LogP contribution in [0.25, 0.3) is 0 Å². The van der Waals surface area contributed by atoms with Crippen molar-refractivity contribution in [2.75, 3.05) is 0 Å². The molecule has 4 saturated carbocycles. The van der Waals surface area contributed by atoms with E-state index < -0.39 is 0 Å². The van der Waals surface area contributed by atoms with Gasteiger partial charge in [0, 0.05) is 5.92 Å². The fraction of sp³-hybridized carbons (Fsp3) is 0.963. The van der Waals surface area contributed by atoms with E-state index >= 15 is 0 Å². The van der Waals surface area contributed by atoms with E-state index in [1.54, 1.807) is 0 Å². The Kier molecular flexibility index (Phi) is 6.95. The van der Waals surface area contributed by atoms with Gasteiger partial charge in [-0.3, -0.25) is 0 Å². The Labute approximate surface area is 202 Å². The van der Waals surface area contributed by atoms with Crippen LogP contribution in [0.5, 0.6) is 0 Å². The van der Waals surface area contributed by atoms with Crippen LogP contribution < -0.4 is 0 Å². The molecule has 0 heterocycles. The molecular formula is C27H44Br2O. The highest BCUT2D eigenvalue weighted by Crippen LogP contribution is 2.70. The molecule has 30 heavy (non-hydrogen) atoms. The van der Waals surface area contributed by atoms with Gasteiger partial charge < -0.3 is 4.79 Å². The van der Waals surface area contributed by atoms with Gasteiger partial charge in [0.15, 0.2) is 0 Å². The highest BCUT2D eigenvalue weighted by Gasteiger charge is 2.61. The van der Waals surface area contributed by atoms with Crippen LogP contribution in [0.4, 0.5) is 0 Å². The minimum Gasteiger partial charge on any atom is -0.303 e. The first-order valence-electron chi connectivity index (χ1n) is 12.9. The van der Waals surface area contributed by atoms with Crippen molar-refractivity contribution in [3.8, 4) is 0 Å². The molecule has 0 aromatic rings. The standard InChI is InChI=1S/C27H44Br2O/c1-18(16-30)6-5-7-19(2)22-10-11-23-21-9-8-20-12-15-27(28,29)17-26(20,4)24(21)13-14-25(22,23)3/h16,18-24H,5-15,17H2,1-4H3/t18?,19-,20?,21+,22-,23+,24+,25-,26+/m1/s1. The van der Waals surface area contributed by atoms with E-state index in [1.165, 1.54) is 70.6 Å². The molecule has 9 atom stereocenters. The Morgan fingerprint density at radius 2 is 1.63 bits per heavy atom. The van der Waals surface area contributed by atoms with Crippen LogP contribution in [0.15, 0.2) is 0 Å². The Morgan fingerprint density at radius 1 is 0.900 bits per heavy atom. The molecule has 0 radical (unpaired) electrons. The van der Waals surface area contributed by atoms with Gasteiger partial charge in [0.1, 0.15) is 6.29 Å². The Bertz CT molecular complexity index is 632. The average Bonchev–Trinajstić information content (AvgIpc) is 3.03. The van der Waals surface area contributed by atoms with Crippen molar-refractivity contribution in [1.82, 2.24) is 0 Å². The lowest BCUT2D eigenvalue weighted by Crippen LogP contribution is -2.55. The summed E-state index contributed by atoms with van der Waals surface area (Å²) in [6.45, 7) is 9.95. The number of halogens is 2. The topological polar surface area (TPSA) is 17.1 Å². The number of fused-ring (bicyclic) bond motifs is 5. The number of carbonyl (C=O) groups excluding carboxylic acids is 1. The summed E-state index contributed by atoms with van der Waals surface area (Å²) in [5.41, 5.74) is 1.08. The lowest BCUT2D eigenvalue weighted by atomic mass is 9.44. The molecule has 2 unspecified atom stereocenters. The molecular weight excluding hydrogens is 500 g/mol. The first-order chi connectivity index (χ1) is 14.1. The molecule has 3 heteroatoms. The largest absolute Gasteiger partial charge is 0.303 e. The quantitative estimate of drug-likeness (QED) is 0.241. The SMILES string of the molecule is CC(C=O)CCC[C@@H](C)[C@H]1CC[C@H]2[C@@H]3CCC4CCC(Br)(Br)C[C@]4(C)[C@H]3CC[C@]12C. The monoisotopic (exact) mass is 542 g/mol. The number of alkyl halides is 2. The first kappa shape index (κ1) is 23.8. The fourth-order valence-corrected chi connectivity index (χ4v) is 11.0. The molecule has 4 aliphatic carbocycles. The zero-order valence-corrected chi connectivity index (χ0v) is 22.9. The van der Waals surface area contributed by atoms with Crippen molar-refractivity contribution in [1.29, 1.82) is 0 Å². The minimum atomic E-state index is 0.180. The van der Waals surface area contributed by atoms with Crippen LogP contribution >= 0.6 is 31.9 Å². The maximum atomic E-state index is 11.0. The molecule has 172 valence electrons. The summed E-state index contributed by atoms with van der Waals surface area (Å²) in [4.78, 5) is 11.0. The molecule has 0 saturated heterocycles. The summed E-state index contributed by atoms with van der Waals surface area (Å²) in [6.07, 6.45) is 17.6. The Balaban J connectivity index is 1.46. The predicted molar refractivity (Wildman–Crippen MR) is 134 cm³/mol. The van der Waals surface area contributed by atoms with Gasteiger partial charge in [0.25, 0.3) is 0 Å². The Hall–Kier alpha value is 0.630. The van der Waals surface area contributed by atoms with E-state index in [1.807, 2.05) is 0 Å². The number of hydrogen-bond acceptors (Lipinski definition) is 1. The molecule has 0 aliphatic heterocycles. The number of hydrogen-bond donors (Lipinski definition) is 0. The van der Waals surface area contributed by atoms with Gasteiger partial charge in [0.05, 0.1) is 3.23 Å². The highest BCUT2D eigenvalue weighted by molar-refractivity contribution is 9.25. The summed E-state index contributed by atoms with van der Waals surface area (Å²) in [6, 6.07) is 0. The van der Waals surface area contributed by atoms with Crippen molar-refractivity contribution in [3.63, 3.8) is 0 Å². The van der Waals surface area contributed by atoms with E-state index in [2.05, 4.69) is 59.6 Å². The van der Waals surface area contributed by atoms with Crippen LogP contribution in [-0.4, -0.2) is 9.52 Å². The smallest absolute Gasteiger partial charge is 0.122 e. The Morgan fingerprint density at radius 3 is 2.37 bits per heavy atom. The fourth-order valence-electron chi connectivity index (χ4n) is 9.32. The zero-order chi connectivity index (χ0) is 21.7. The second kappa shape index (κ2) is 8.77. The average molecular weight is 544 g/mol. The van der Waals surface area contributed by atoms with Gasteiger partial charge in [0.2, 0.25) is 0 Å².